The van der Waals surface area contributed by atoms with E-state index in [0.29, 0.717) is 6.54 Å². The predicted molar refractivity (Wildman–Crippen MR) is 66.4 cm³/mol. The SMILES string of the molecule is CCNC(c1c(F)cccc1F)C1(OC)CCC1. The van der Waals surface area contributed by atoms with Gasteiger partial charge >= 0.3 is 0 Å². The first-order valence-corrected chi connectivity index (χ1v) is 6.37. The number of halogens is 2. The summed E-state index contributed by atoms with van der Waals surface area (Å²) in [5.41, 5.74) is -0.375. The zero-order valence-electron chi connectivity index (χ0n) is 10.8. The lowest BCUT2D eigenvalue weighted by atomic mass is 9.72. The van der Waals surface area contributed by atoms with Crippen LogP contribution in [0.2, 0.25) is 0 Å². The Balaban J connectivity index is 2.41. The fraction of sp³-hybridized carbons (Fsp3) is 0.571. The van der Waals surface area contributed by atoms with Crippen molar-refractivity contribution in [3.8, 4) is 0 Å². The number of likely N-dealkylation sites (N-methyl/N-ethyl adjacent to an activating group) is 1. The van der Waals surface area contributed by atoms with Crippen LogP contribution in [0.1, 0.15) is 37.8 Å². The second kappa shape index (κ2) is 5.33. The van der Waals surface area contributed by atoms with Crippen molar-refractivity contribution < 1.29 is 13.5 Å². The molecule has 0 aromatic heterocycles. The van der Waals surface area contributed by atoms with Crippen LogP contribution in [0.15, 0.2) is 18.2 Å². The third kappa shape index (κ3) is 2.15. The van der Waals surface area contributed by atoms with Gasteiger partial charge in [0.05, 0.1) is 11.6 Å². The maximum atomic E-state index is 13.9. The third-order valence-corrected chi connectivity index (χ3v) is 3.83. The summed E-state index contributed by atoms with van der Waals surface area (Å²) in [6.45, 7) is 2.57. The third-order valence-electron chi connectivity index (χ3n) is 3.83. The second-order valence-electron chi connectivity index (χ2n) is 4.75. The van der Waals surface area contributed by atoms with Gasteiger partial charge in [0.1, 0.15) is 11.6 Å². The highest BCUT2D eigenvalue weighted by atomic mass is 19.1. The normalized spacial score (nSPS) is 19.3. The van der Waals surface area contributed by atoms with Crippen molar-refractivity contribution in [2.24, 2.45) is 0 Å². The smallest absolute Gasteiger partial charge is 0.131 e. The first-order chi connectivity index (χ1) is 8.64. The van der Waals surface area contributed by atoms with Crippen molar-refractivity contribution >= 4 is 0 Å². The monoisotopic (exact) mass is 255 g/mol. The Hall–Kier alpha value is -1.00. The van der Waals surface area contributed by atoms with Gasteiger partial charge in [0.15, 0.2) is 0 Å². The summed E-state index contributed by atoms with van der Waals surface area (Å²) in [7, 11) is 1.61. The summed E-state index contributed by atoms with van der Waals surface area (Å²) in [6, 6.07) is 3.55. The van der Waals surface area contributed by atoms with Crippen LogP contribution in [0.25, 0.3) is 0 Å². The first kappa shape index (κ1) is 13.4. The van der Waals surface area contributed by atoms with Crippen molar-refractivity contribution in [2.45, 2.75) is 37.8 Å². The maximum absolute atomic E-state index is 13.9. The standard InChI is InChI=1S/C14H19F2NO/c1-3-17-13(14(18-2)8-5-9-14)12-10(15)6-4-7-11(12)16/h4,6-7,13,17H,3,5,8-9H2,1-2H3. The van der Waals surface area contributed by atoms with E-state index < -0.39 is 23.3 Å². The van der Waals surface area contributed by atoms with Gasteiger partial charge < -0.3 is 10.1 Å². The summed E-state index contributed by atoms with van der Waals surface area (Å²) in [5, 5.41) is 3.17. The van der Waals surface area contributed by atoms with Crippen LogP contribution >= 0.6 is 0 Å². The van der Waals surface area contributed by atoms with Gasteiger partial charge in [-0.1, -0.05) is 13.0 Å². The van der Waals surface area contributed by atoms with E-state index in [1.807, 2.05) is 6.92 Å². The van der Waals surface area contributed by atoms with Crippen molar-refractivity contribution in [3.05, 3.63) is 35.4 Å². The molecule has 1 atom stereocenters. The molecule has 1 aromatic rings. The van der Waals surface area contributed by atoms with Gasteiger partial charge in [-0.25, -0.2) is 8.78 Å². The molecular weight excluding hydrogens is 236 g/mol. The molecule has 1 fully saturated rings. The quantitative estimate of drug-likeness (QED) is 0.872. The van der Waals surface area contributed by atoms with E-state index >= 15 is 0 Å². The van der Waals surface area contributed by atoms with E-state index in [-0.39, 0.29) is 5.56 Å². The van der Waals surface area contributed by atoms with E-state index in [1.54, 1.807) is 7.11 Å². The molecule has 1 aliphatic rings. The molecule has 1 N–H and O–H groups in total. The fourth-order valence-corrected chi connectivity index (χ4v) is 2.68. The van der Waals surface area contributed by atoms with Gasteiger partial charge in [0.2, 0.25) is 0 Å². The molecule has 0 spiro atoms. The molecule has 1 aliphatic carbocycles. The average molecular weight is 255 g/mol. The van der Waals surface area contributed by atoms with Crippen molar-refractivity contribution in [2.75, 3.05) is 13.7 Å². The molecular formula is C14H19F2NO. The molecule has 0 amide bonds. The molecule has 0 heterocycles. The lowest BCUT2D eigenvalue weighted by Gasteiger charge is -2.47. The molecule has 0 bridgehead atoms. The highest BCUT2D eigenvalue weighted by Crippen LogP contribution is 2.45. The van der Waals surface area contributed by atoms with Gasteiger partial charge in [-0.05, 0) is 37.9 Å². The summed E-state index contributed by atoms with van der Waals surface area (Å²) in [5.74, 6) is -1.02. The molecule has 0 aliphatic heterocycles. The zero-order chi connectivity index (χ0) is 13.2. The Kier molecular flexibility index (Phi) is 3.97. The van der Waals surface area contributed by atoms with Gasteiger partial charge in [-0.3, -0.25) is 0 Å². The minimum atomic E-state index is -0.510. The van der Waals surface area contributed by atoms with Gasteiger partial charge in [0.25, 0.3) is 0 Å². The Labute approximate surface area is 106 Å². The largest absolute Gasteiger partial charge is 0.376 e. The molecule has 0 radical (unpaired) electrons. The van der Waals surface area contributed by atoms with Crippen LogP contribution in [-0.4, -0.2) is 19.3 Å². The topological polar surface area (TPSA) is 21.3 Å². The van der Waals surface area contributed by atoms with E-state index in [2.05, 4.69) is 5.32 Å². The van der Waals surface area contributed by atoms with E-state index in [4.69, 9.17) is 4.74 Å². The molecule has 2 nitrogen and oxygen atoms in total. The second-order valence-corrected chi connectivity index (χ2v) is 4.75. The van der Waals surface area contributed by atoms with E-state index in [1.165, 1.54) is 18.2 Å². The molecule has 1 aromatic carbocycles. The Morgan fingerprint density at radius 3 is 2.33 bits per heavy atom. The zero-order valence-corrected chi connectivity index (χ0v) is 10.8. The highest BCUT2D eigenvalue weighted by Gasteiger charge is 2.46. The van der Waals surface area contributed by atoms with Crippen molar-refractivity contribution in [1.29, 1.82) is 0 Å². The predicted octanol–water partition coefficient (Wildman–Crippen LogP) is 3.18. The summed E-state index contributed by atoms with van der Waals surface area (Å²) in [6.07, 6.45) is 2.69. The number of benzene rings is 1. The average Bonchev–Trinajstić information content (AvgIpc) is 2.28. The van der Waals surface area contributed by atoms with Crippen LogP contribution in [-0.2, 0) is 4.74 Å². The van der Waals surface area contributed by atoms with E-state index in [0.717, 1.165) is 19.3 Å². The molecule has 4 heteroatoms. The Morgan fingerprint density at radius 2 is 1.94 bits per heavy atom. The minimum Gasteiger partial charge on any atom is -0.376 e. The Morgan fingerprint density at radius 1 is 1.33 bits per heavy atom. The molecule has 2 rings (SSSR count). The summed E-state index contributed by atoms with van der Waals surface area (Å²) >= 11 is 0. The van der Waals surface area contributed by atoms with Crippen LogP contribution in [0.4, 0.5) is 8.78 Å². The van der Waals surface area contributed by atoms with Crippen molar-refractivity contribution in [1.82, 2.24) is 5.32 Å². The molecule has 100 valence electrons. The highest BCUT2D eigenvalue weighted by molar-refractivity contribution is 5.27. The Bertz CT molecular complexity index is 392. The fourth-order valence-electron chi connectivity index (χ4n) is 2.68. The maximum Gasteiger partial charge on any atom is 0.131 e. The van der Waals surface area contributed by atoms with Gasteiger partial charge in [0, 0.05) is 12.7 Å². The van der Waals surface area contributed by atoms with Crippen molar-refractivity contribution in [3.63, 3.8) is 0 Å². The minimum absolute atomic E-state index is 0.0981. The number of nitrogens with one attached hydrogen (secondary N) is 1. The lowest BCUT2D eigenvalue weighted by Crippen LogP contribution is -2.51. The van der Waals surface area contributed by atoms with Crippen LogP contribution < -0.4 is 5.32 Å². The first-order valence-electron chi connectivity index (χ1n) is 6.37. The molecule has 0 saturated heterocycles. The van der Waals surface area contributed by atoms with Gasteiger partial charge in [-0.2, -0.15) is 0 Å². The summed E-state index contributed by atoms with van der Waals surface area (Å²) < 4.78 is 33.4. The number of rotatable bonds is 5. The summed E-state index contributed by atoms with van der Waals surface area (Å²) in [4.78, 5) is 0. The van der Waals surface area contributed by atoms with Crippen LogP contribution in [0.3, 0.4) is 0 Å². The number of methoxy groups -OCH3 is 1. The molecule has 18 heavy (non-hydrogen) atoms. The number of hydrogen-bond acceptors (Lipinski definition) is 2. The lowest BCUT2D eigenvalue weighted by molar-refractivity contribution is -0.101. The number of ether oxygens (including phenoxy) is 1. The van der Waals surface area contributed by atoms with Crippen LogP contribution in [0.5, 0.6) is 0 Å². The molecule has 1 unspecified atom stereocenters. The van der Waals surface area contributed by atoms with E-state index in [9.17, 15) is 8.78 Å². The number of hydrogen-bond donors (Lipinski definition) is 1. The van der Waals surface area contributed by atoms with Crippen LogP contribution in [0, 0.1) is 11.6 Å². The molecule has 1 saturated carbocycles. The van der Waals surface area contributed by atoms with Gasteiger partial charge in [-0.15, -0.1) is 0 Å².